The van der Waals surface area contributed by atoms with Gasteiger partial charge < -0.3 is 9.84 Å². The van der Waals surface area contributed by atoms with E-state index in [9.17, 15) is 13.2 Å². The van der Waals surface area contributed by atoms with Crippen LogP contribution >= 0.6 is 0 Å². The molecule has 2 N–H and O–H groups in total. The van der Waals surface area contributed by atoms with Gasteiger partial charge in [-0.1, -0.05) is 32.3 Å². The fraction of sp³-hybridized carbons (Fsp3) is 0.733. The maximum Gasteiger partial charge on any atom is 0.273 e. The Kier molecular flexibility index (Phi) is 5.15. The molecular formula is C15H25N3O4S. The van der Waals surface area contributed by atoms with Crippen LogP contribution in [0.1, 0.15) is 56.3 Å². The van der Waals surface area contributed by atoms with E-state index in [-0.39, 0.29) is 29.0 Å². The highest BCUT2D eigenvalue weighted by molar-refractivity contribution is 7.88. The van der Waals surface area contributed by atoms with E-state index in [0.29, 0.717) is 12.3 Å². The van der Waals surface area contributed by atoms with Gasteiger partial charge in [0.15, 0.2) is 5.69 Å². The van der Waals surface area contributed by atoms with E-state index in [0.717, 1.165) is 25.5 Å². The molecule has 2 rings (SSSR count). The van der Waals surface area contributed by atoms with Gasteiger partial charge in [-0.25, -0.2) is 13.1 Å². The zero-order chi connectivity index (χ0) is 17.3. The van der Waals surface area contributed by atoms with Crippen LogP contribution in [0.25, 0.3) is 0 Å². The number of nitrogens with zero attached hydrogens (tertiary/aromatic N) is 1. The molecule has 0 bridgehead atoms. The summed E-state index contributed by atoms with van der Waals surface area (Å²) in [6, 6.07) is 1.53. The number of carbonyl (C=O) groups is 1. The van der Waals surface area contributed by atoms with Crippen LogP contribution < -0.4 is 10.0 Å². The van der Waals surface area contributed by atoms with E-state index >= 15 is 0 Å². The summed E-state index contributed by atoms with van der Waals surface area (Å²) in [4.78, 5) is 12.2. The Balaban J connectivity index is 1.92. The molecular weight excluding hydrogens is 318 g/mol. The van der Waals surface area contributed by atoms with Crippen molar-refractivity contribution in [2.24, 2.45) is 5.92 Å². The molecule has 0 spiro atoms. The Morgan fingerprint density at radius 2 is 2.09 bits per heavy atom. The predicted molar refractivity (Wildman–Crippen MR) is 86.6 cm³/mol. The van der Waals surface area contributed by atoms with Crippen LogP contribution in [-0.2, 0) is 15.4 Å². The largest absolute Gasteiger partial charge is 0.360 e. The van der Waals surface area contributed by atoms with Crippen LogP contribution in [0.3, 0.4) is 0 Å². The van der Waals surface area contributed by atoms with Crippen molar-refractivity contribution in [2.75, 3.05) is 12.8 Å². The molecule has 2 unspecified atom stereocenters. The Bertz CT molecular complexity index is 661. The average Bonchev–Trinajstić information content (AvgIpc) is 3.02. The van der Waals surface area contributed by atoms with Crippen LogP contribution in [0.2, 0.25) is 0 Å². The number of sulfonamides is 1. The van der Waals surface area contributed by atoms with Gasteiger partial charge in [-0.3, -0.25) is 4.79 Å². The lowest BCUT2D eigenvalue weighted by Crippen LogP contribution is -2.41. The molecule has 1 aliphatic rings. The van der Waals surface area contributed by atoms with Gasteiger partial charge in [0.05, 0.1) is 6.26 Å². The third-order valence-electron chi connectivity index (χ3n) is 4.03. The summed E-state index contributed by atoms with van der Waals surface area (Å²) >= 11 is 0. The summed E-state index contributed by atoms with van der Waals surface area (Å²) in [5.74, 6) is 0.456. The quantitative estimate of drug-likeness (QED) is 0.842. The second-order valence-electron chi connectivity index (χ2n) is 7.22. The van der Waals surface area contributed by atoms with Crippen molar-refractivity contribution in [2.45, 2.75) is 51.5 Å². The SMILES string of the molecule is CC(C)(C)c1cc(C(=O)NCC2CCCC2NS(C)(=O)=O)no1. The normalized spacial score (nSPS) is 22.3. The molecule has 1 fully saturated rings. The topological polar surface area (TPSA) is 101 Å². The Morgan fingerprint density at radius 3 is 2.65 bits per heavy atom. The molecule has 0 aromatic carbocycles. The van der Waals surface area contributed by atoms with Gasteiger partial charge in [-0.05, 0) is 18.8 Å². The number of carbonyl (C=O) groups excluding carboxylic acids is 1. The summed E-state index contributed by atoms with van der Waals surface area (Å²) in [7, 11) is -3.23. The first-order chi connectivity index (χ1) is 10.6. The molecule has 23 heavy (non-hydrogen) atoms. The van der Waals surface area contributed by atoms with Gasteiger partial charge in [0.1, 0.15) is 5.76 Å². The minimum absolute atomic E-state index is 0.0997. The molecule has 1 aromatic rings. The van der Waals surface area contributed by atoms with Crippen molar-refractivity contribution in [3.63, 3.8) is 0 Å². The van der Waals surface area contributed by atoms with Gasteiger partial charge in [-0.15, -0.1) is 0 Å². The van der Waals surface area contributed by atoms with Crippen LogP contribution in [0.4, 0.5) is 0 Å². The molecule has 1 heterocycles. The number of hydrogen-bond donors (Lipinski definition) is 2. The lowest BCUT2D eigenvalue weighted by molar-refractivity contribution is 0.0936. The number of hydrogen-bond acceptors (Lipinski definition) is 5. The van der Waals surface area contributed by atoms with Crippen molar-refractivity contribution < 1.29 is 17.7 Å². The highest BCUT2D eigenvalue weighted by Crippen LogP contribution is 2.26. The summed E-state index contributed by atoms with van der Waals surface area (Å²) < 4.78 is 30.6. The first-order valence-corrected chi connectivity index (χ1v) is 9.68. The third-order valence-corrected chi connectivity index (χ3v) is 4.76. The molecule has 1 amide bonds. The predicted octanol–water partition coefficient (Wildman–Crippen LogP) is 1.42. The van der Waals surface area contributed by atoms with Crippen molar-refractivity contribution >= 4 is 15.9 Å². The van der Waals surface area contributed by atoms with Crippen LogP contribution in [0.15, 0.2) is 10.6 Å². The summed E-state index contributed by atoms with van der Waals surface area (Å²) in [6.07, 6.45) is 3.79. The zero-order valence-electron chi connectivity index (χ0n) is 14.0. The van der Waals surface area contributed by atoms with E-state index in [4.69, 9.17) is 4.52 Å². The Hall–Kier alpha value is -1.41. The molecule has 2 atom stereocenters. The lowest BCUT2D eigenvalue weighted by atomic mass is 9.93. The highest BCUT2D eigenvalue weighted by atomic mass is 32.2. The number of aromatic nitrogens is 1. The molecule has 8 heteroatoms. The smallest absolute Gasteiger partial charge is 0.273 e. The lowest BCUT2D eigenvalue weighted by Gasteiger charge is -2.20. The maximum absolute atomic E-state index is 12.2. The standard InChI is InChI=1S/C15H25N3O4S/c1-15(2,3)13-8-12(17-22-13)14(19)16-9-10-6-5-7-11(10)18-23(4,20)21/h8,10-11,18H,5-7,9H2,1-4H3,(H,16,19). The van der Waals surface area contributed by atoms with Gasteiger partial charge in [-0.2, -0.15) is 0 Å². The third kappa shape index (κ3) is 5.04. The van der Waals surface area contributed by atoms with Gasteiger partial charge >= 0.3 is 0 Å². The summed E-state index contributed by atoms with van der Waals surface area (Å²) in [5.41, 5.74) is 0.0436. The minimum atomic E-state index is -3.23. The van der Waals surface area contributed by atoms with Crippen molar-refractivity contribution in [1.29, 1.82) is 0 Å². The molecule has 130 valence electrons. The summed E-state index contributed by atoms with van der Waals surface area (Å²) in [6.45, 7) is 6.36. The average molecular weight is 343 g/mol. The number of nitrogens with one attached hydrogen (secondary N) is 2. The second-order valence-corrected chi connectivity index (χ2v) is 9.00. The van der Waals surface area contributed by atoms with Crippen LogP contribution in [0, 0.1) is 5.92 Å². The highest BCUT2D eigenvalue weighted by Gasteiger charge is 2.30. The van der Waals surface area contributed by atoms with Crippen molar-refractivity contribution in [3.8, 4) is 0 Å². The van der Waals surface area contributed by atoms with Gasteiger partial charge in [0.25, 0.3) is 5.91 Å². The zero-order valence-corrected chi connectivity index (χ0v) is 14.9. The van der Waals surface area contributed by atoms with Crippen molar-refractivity contribution in [3.05, 3.63) is 17.5 Å². The summed E-state index contributed by atoms with van der Waals surface area (Å²) in [5, 5.41) is 6.63. The monoisotopic (exact) mass is 343 g/mol. The Labute approximate surface area is 137 Å². The van der Waals surface area contributed by atoms with Gasteiger partial charge in [0.2, 0.25) is 10.0 Å². The Morgan fingerprint density at radius 1 is 1.39 bits per heavy atom. The molecule has 1 aromatic heterocycles. The fourth-order valence-electron chi connectivity index (χ4n) is 2.76. The molecule has 1 saturated carbocycles. The number of rotatable bonds is 5. The number of amides is 1. The van der Waals surface area contributed by atoms with Crippen molar-refractivity contribution in [1.82, 2.24) is 15.2 Å². The molecule has 7 nitrogen and oxygen atoms in total. The van der Waals surface area contributed by atoms with Gasteiger partial charge in [0, 0.05) is 24.1 Å². The molecule has 0 radical (unpaired) electrons. The van der Waals surface area contributed by atoms with Crippen LogP contribution in [0.5, 0.6) is 0 Å². The van der Waals surface area contributed by atoms with E-state index in [2.05, 4.69) is 15.2 Å². The van der Waals surface area contributed by atoms with E-state index in [1.807, 2.05) is 20.8 Å². The minimum Gasteiger partial charge on any atom is -0.360 e. The van der Waals surface area contributed by atoms with Crippen LogP contribution in [-0.4, -0.2) is 38.3 Å². The van der Waals surface area contributed by atoms with E-state index in [1.165, 1.54) is 0 Å². The molecule has 0 aliphatic heterocycles. The first-order valence-electron chi connectivity index (χ1n) is 7.79. The molecule has 1 aliphatic carbocycles. The molecule has 0 saturated heterocycles. The van der Waals surface area contributed by atoms with E-state index < -0.39 is 10.0 Å². The fourth-order valence-corrected chi connectivity index (χ4v) is 3.62. The second kappa shape index (κ2) is 6.60. The van der Waals surface area contributed by atoms with E-state index in [1.54, 1.807) is 6.07 Å². The first kappa shape index (κ1) is 17.9. The maximum atomic E-state index is 12.2.